The third-order valence-electron chi connectivity index (χ3n) is 6.61. The van der Waals surface area contributed by atoms with Gasteiger partial charge in [-0.25, -0.2) is 9.18 Å². The summed E-state index contributed by atoms with van der Waals surface area (Å²) in [5.41, 5.74) is 8.82. The number of rotatable bonds is 3. The molecule has 0 bridgehead atoms. The molecule has 6 nitrogen and oxygen atoms in total. The fourth-order valence-electron chi connectivity index (χ4n) is 4.92. The highest BCUT2D eigenvalue weighted by Crippen LogP contribution is 2.41. The minimum atomic E-state index is -0.631. The molecule has 2 N–H and O–H groups in total. The average Bonchev–Trinajstić information content (AvgIpc) is 3.37. The van der Waals surface area contributed by atoms with Gasteiger partial charge in [-0.05, 0) is 66.3 Å². The zero-order valence-electron chi connectivity index (χ0n) is 19.2. The quantitative estimate of drug-likeness (QED) is 0.354. The fourth-order valence-corrected chi connectivity index (χ4v) is 4.92. The van der Waals surface area contributed by atoms with Crippen molar-refractivity contribution in [3.8, 4) is 5.75 Å². The highest BCUT2D eigenvalue weighted by molar-refractivity contribution is 5.99. The van der Waals surface area contributed by atoms with Crippen molar-refractivity contribution in [2.24, 2.45) is 0 Å². The van der Waals surface area contributed by atoms with Crippen molar-refractivity contribution in [3.63, 3.8) is 0 Å². The fraction of sp³-hybridized carbons (Fsp3) is 0.143. The molecule has 0 radical (unpaired) electrons. The van der Waals surface area contributed by atoms with Crippen LogP contribution in [0, 0.1) is 12.7 Å². The lowest BCUT2D eigenvalue weighted by atomic mass is 9.88. The maximum Gasteiger partial charge on any atom is 0.439 e. The molecule has 0 amide bonds. The number of hydrogen-bond acceptors (Lipinski definition) is 4. The minimum Gasteiger partial charge on any atom is -0.488 e. The number of nitrogens with one attached hydrogen (secondary N) is 2. The number of aromatic nitrogens is 3. The number of hydrogen-bond donors (Lipinski definition) is 2. The van der Waals surface area contributed by atoms with Crippen molar-refractivity contribution in [1.82, 2.24) is 15.1 Å². The number of aryl methyl sites for hydroxylation is 1. The Morgan fingerprint density at radius 2 is 1.89 bits per heavy atom. The lowest BCUT2D eigenvalue weighted by molar-refractivity contribution is 0.305. The summed E-state index contributed by atoms with van der Waals surface area (Å²) in [4.78, 5) is 17.7. The molecule has 0 saturated heterocycles. The van der Waals surface area contributed by atoms with Crippen LogP contribution < -0.4 is 10.5 Å². The Balaban J connectivity index is 1.49. The first-order valence-corrected chi connectivity index (χ1v) is 11.4. The van der Waals surface area contributed by atoms with Gasteiger partial charge >= 0.3 is 5.76 Å². The summed E-state index contributed by atoms with van der Waals surface area (Å²) in [7, 11) is 0. The Morgan fingerprint density at radius 1 is 1.06 bits per heavy atom. The van der Waals surface area contributed by atoms with E-state index in [-0.39, 0.29) is 5.82 Å². The summed E-state index contributed by atoms with van der Waals surface area (Å²) >= 11 is 0. The van der Waals surface area contributed by atoms with Crippen LogP contribution in [-0.2, 0) is 13.0 Å². The van der Waals surface area contributed by atoms with Crippen LogP contribution in [0.2, 0.25) is 0 Å². The summed E-state index contributed by atoms with van der Waals surface area (Å²) in [6, 6.07) is 19.1. The van der Waals surface area contributed by atoms with Crippen molar-refractivity contribution in [3.05, 3.63) is 116 Å². The van der Waals surface area contributed by atoms with Crippen LogP contribution in [-0.4, -0.2) is 15.1 Å². The highest BCUT2D eigenvalue weighted by atomic mass is 19.1. The topological polar surface area (TPSA) is 83.9 Å². The van der Waals surface area contributed by atoms with Gasteiger partial charge in [0.2, 0.25) is 0 Å². The monoisotopic (exact) mass is 467 g/mol. The Bertz CT molecular complexity index is 1690. The van der Waals surface area contributed by atoms with E-state index in [4.69, 9.17) is 9.26 Å². The van der Waals surface area contributed by atoms with Crippen LogP contribution in [0.3, 0.4) is 0 Å². The van der Waals surface area contributed by atoms with Crippen molar-refractivity contribution in [2.45, 2.75) is 26.9 Å². The lowest BCUT2D eigenvalue weighted by Crippen LogP contribution is -2.01. The van der Waals surface area contributed by atoms with Crippen LogP contribution in [0.25, 0.3) is 22.0 Å². The van der Waals surface area contributed by atoms with Crippen LogP contribution in [0.15, 0.2) is 70.0 Å². The smallest absolute Gasteiger partial charge is 0.439 e. The molecule has 0 atom stereocenters. The second kappa shape index (κ2) is 8.13. The van der Waals surface area contributed by atoms with Gasteiger partial charge in [-0.15, -0.1) is 0 Å². The predicted molar refractivity (Wildman–Crippen MR) is 132 cm³/mol. The first-order chi connectivity index (χ1) is 17.0. The van der Waals surface area contributed by atoms with Crippen molar-refractivity contribution in [2.75, 3.05) is 0 Å². The van der Waals surface area contributed by atoms with E-state index in [9.17, 15) is 9.18 Å². The van der Waals surface area contributed by atoms with Gasteiger partial charge in [0.25, 0.3) is 0 Å². The molecule has 0 saturated carbocycles. The van der Waals surface area contributed by atoms with Gasteiger partial charge in [0, 0.05) is 33.8 Å². The molecule has 2 aromatic heterocycles. The summed E-state index contributed by atoms with van der Waals surface area (Å²) in [6.45, 7) is 4.24. The zero-order chi connectivity index (χ0) is 24.1. The molecule has 3 heterocycles. The Labute approximate surface area is 200 Å². The molecule has 1 aliphatic rings. The summed E-state index contributed by atoms with van der Waals surface area (Å²) < 4.78 is 24.9. The molecule has 7 heteroatoms. The number of benzene rings is 3. The second-order valence-corrected chi connectivity index (χ2v) is 8.82. The number of para-hydroxylation sites is 1. The molecule has 35 heavy (non-hydrogen) atoms. The Kier molecular flexibility index (Phi) is 4.91. The van der Waals surface area contributed by atoms with Crippen LogP contribution in [0.4, 0.5) is 4.39 Å². The number of H-pyrrole nitrogens is 2. The Morgan fingerprint density at radius 3 is 2.71 bits per heavy atom. The lowest BCUT2D eigenvalue weighted by Gasteiger charge is -2.14. The minimum absolute atomic E-state index is 0.290. The van der Waals surface area contributed by atoms with Crippen LogP contribution >= 0.6 is 0 Å². The largest absolute Gasteiger partial charge is 0.488 e. The number of aromatic amines is 2. The molecular formula is C28H22FN3O3. The SMILES string of the molecule is CC(=C1c2ccc(Cc3c(C)[nH]c4ccccc34)cc2COc2cc(F)ccc21)c1noc(=O)[nH]1. The third kappa shape index (κ3) is 3.65. The normalized spacial score (nSPS) is 14.3. The van der Waals surface area contributed by atoms with E-state index in [2.05, 4.69) is 58.4 Å². The summed E-state index contributed by atoms with van der Waals surface area (Å²) in [5, 5.41) is 5.09. The zero-order valence-corrected chi connectivity index (χ0v) is 19.2. The maximum absolute atomic E-state index is 14.1. The van der Waals surface area contributed by atoms with Crippen LogP contribution in [0.1, 0.15) is 46.3 Å². The number of halogens is 1. The van der Waals surface area contributed by atoms with E-state index in [1.54, 1.807) is 6.07 Å². The molecule has 1 aliphatic heterocycles. The van der Waals surface area contributed by atoms with E-state index >= 15 is 0 Å². The van der Waals surface area contributed by atoms with E-state index in [0.29, 0.717) is 23.8 Å². The molecule has 174 valence electrons. The first kappa shape index (κ1) is 21.2. The highest BCUT2D eigenvalue weighted by Gasteiger charge is 2.24. The first-order valence-electron chi connectivity index (χ1n) is 11.4. The average molecular weight is 468 g/mol. The molecule has 6 rings (SSSR count). The van der Waals surface area contributed by atoms with E-state index < -0.39 is 5.76 Å². The Hall–Kier alpha value is -4.39. The number of nitrogens with zero attached hydrogens (tertiary/aromatic N) is 1. The standard InChI is InChI=1S/C28H22FN3O3/c1-15(27-31-28(33)35-32-27)26-20-9-7-17(12-23-16(2)30-24-6-4-3-5-21(23)24)11-18(20)14-34-25-13-19(29)8-10-22(25)26/h3-11,13,30H,12,14H2,1-2H3,(H,31,32,33). The summed E-state index contributed by atoms with van der Waals surface area (Å²) in [6.07, 6.45) is 0.763. The number of ether oxygens (including phenoxy) is 1. The van der Waals surface area contributed by atoms with Gasteiger partial charge in [0.15, 0.2) is 5.82 Å². The summed E-state index contributed by atoms with van der Waals surface area (Å²) in [5.74, 6) is -0.243. The number of allylic oxidation sites excluding steroid dienone is 1. The van der Waals surface area contributed by atoms with Gasteiger partial charge in [0.1, 0.15) is 18.2 Å². The van der Waals surface area contributed by atoms with Crippen molar-refractivity contribution in [1.29, 1.82) is 0 Å². The third-order valence-corrected chi connectivity index (χ3v) is 6.61. The molecule has 0 spiro atoms. The van der Waals surface area contributed by atoms with Gasteiger partial charge < -0.3 is 9.72 Å². The van der Waals surface area contributed by atoms with Crippen molar-refractivity contribution >= 4 is 22.0 Å². The molecular weight excluding hydrogens is 445 g/mol. The number of fused-ring (bicyclic) bond motifs is 3. The van der Waals surface area contributed by atoms with Gasteiger partial charge in [0.05, 0.1) is 0 Å². The molecule has 3 aromatic carbocycles. The van der Waals surface area contributed by atoms with E-state index in [1.165, 1.54) is 23.1 Å². The molecule has 5 aromatic rings. The maximum atomic E-state index is 14.1. The van der Waals surface area contributed by atoms with Crippen molar-refractivity contribution < 1.29 is 13.7 Å². The van der Waals surface area contributed by atoms with E-state index in [1.807, 2.05) is 13.0 Å². The van der Waals surface area contributed by atoms with Gasteiger partial charge in [-0.2, -0.15) is 0 Å². The predicted octanol–water partition coefficient (Wildman–Crippen LogP) is 5.75. The van der Waals surface area contributed by atoms with Gasteiger partial charge in [-0.1, -0.05) is 41.6 Å². The second-order valence-electron chi connectivity index (χ2n) is 8.82. The van der Waals surface area contributed by atoms with Crippen LogP contribution in [0.5, 0.6) is 5.75 Å². The van der Waals surface area contributed by atoms with E-state index in [0.717, 1.165) is 45.5 Å². The molecule has 0 unspecified atom stereocenters. The molecule has 0 aliphatic carbocycles. The molecule has 0 fully saturated rings. The van der Waals surface area contributed by atoms with Gasteiger partial charge in [-0.3, -0.25) is 9.51 Å².